The number of carbonyl (C=O) groups excluding carboxylic acids is 1. The smallest absolute Gasteiger partial charge is 0.254 e. The second-order valence-electron chi connectivity index (χ2n) is 5.01. The fourth-order valence-corrected chi connectivity index (χ4v) is 2.78. The molecule has 1 N–H and O–H groups in total. The molecule has 0 radical (unpaired) electrons. The van der Waals surface area contributed by atoms with Crippen LogP contribution in [0.25, 0.3) is 0 Å². The van der Waals surface area contributed by atoms with E-state index in [0.29, 0.717) is 5.56 Å². The van der Waals surface area contributed by atoms with Crippen LogP contribution in [0.4, 0.5) is 0 Å². The number of likely N-dealkylation sites (tertiary alicyclic amines) is 1. The first-order valence-electron chi connectivity index (χ1n) is 6.88. The summed E-state index contributed by atoms with van der Waals surface area (Å²) < 4.78 is 5.12. The van der Waals surface area contributed by atoms with E-state index in [1.54, 1.807) is 7.11 Å². The van der Waals surface area contributed by atoms with Gasteiger partial charge >= 0.3 is 0 Å². The number of methoxy groups -OCH3 is 1. The van der Waals surface area contributed by atoms with E-state index in [-0.39, 0.29) is 11.9 Å². The van der Waals surface area contributed by atoms with Crippen LogP contribution < -0.4 is 4.74 Å². The van der Waals surface area contributed by atoms with Crippen LogP contribution in [-0.4, -0.2) is 29.4 Å². The summed E-state index contributed by atoms with van der Waals surface area (Å²) in [5, 5.41) is 0. The Kier molecular flexibility index (Phi) is 3.46. The molecule has 3 rings (SSSR count). The number of hydrogen-bond donors (Lipinski definition) is 1. The van der Waals surface area contributed by atoms with Crippen LogP contribution in [0.5, 0.6) is 5.75 Å². The van der Waals surface area contributed by atoms with Gasteiger partial charge in [-0.05, 0) is 49.2 Å². The fraction of sp³-hybridized carbons (Fsp3) is 0.312. The molecule has 4 nitrogen and oxygen atoms in total. The van der Waals surface area contributed by atoms with Crippen LogP contribution >= 0.6 is 0 Å². The predicted molar refractivity (Wildman–Crippen MR) is 76.8 cm³/mol. The molecule has 1 atom stereocenters. The van der Waals surface area contributed by atoms with Crippen molar-refractivity contribution in [3.8, 4) is 5.75 Å². The zero-order valence-corrected chi connectivity index (χ0v) is 11.5. The first-order chi connectivity index (χ1) is 9.79. The Bertz CT molecular complexity index is 575. The van der Waals surface area contributed by atoms with Gasteiger partial charge in [-0.25, -0.2) is 0 Å². The molecule has 1 fully saturated rings. The van der Waals surface area contributed by atoms with Crippen molar-refractivity contribution in [3.05, 3.63) is 53.9 Å². The molecular weight excluding hydrogens is 252 g/mol. The monoisotopic (exact) mass is 270 g/mol. The summed E-state index contributed by atoms with van der Waals surface area (Å²) in [6.45, 7) is 0.814. The maximum Gasteiger partial charge on any atom is 0.254 e. The zero-order valence-electron chi connectivity index (χ0n) is 11.5. The Morgan fingerprint density at radius 3 is 2.75 bits per heavy atom. The van der Waals surface area contributed by atoms with Crippen LogP contribution in [-0.2, 0) is 0 Å². The number of aromatic nitrogens is 1. The van der Waals surface area contributed by atoms with Crippen LogP contribution in [0.1, 0.15) is 34.9 Å². The average Bonchev–Trinajstić information content (AvgIpc) is 3.16. The first-order valence-corrected chi connectivity index (χ1v) is 6.88. The molecule has 0 bridgehead atoms. The van der Waals surface area contributed by atoms with Gasteiger partial charge in [0.05, 0.1) is 13.2 Å². The third-order valence-electron chi connectivity index (χ3n) is 3.83. The molecule has 1 unspecified atom stereocenters. The molecule has 1 aliphatic rings. The first kappa shape index (κ1) is 12.8. The van der Waals surface area contributed by atoms with E-state index in [1.165, 1.54) is 0 Å². The van der Waals surface area contributed by atoms with E-state index < -0.39 is 0 Å². The van der Waals surface area contributed by atoms with Gasteiger partial charge in [-0.2, -0.15) is 0 Å². The minimum absolute atomic E-state index is 0.0877. The van der Waals surface area contributed by atoms with Crippen LogP contribution in [0.15, 0.2) is 42.6 Å². The molecule has 0 spiro atoms. The Labute approximate surface area is 118 Å². The molecule has 0 aliphatic carbocycles. The van der Waals surface area contributed by atoms with Gasteiger partial charge in [0.15, 0.2) is 0 Å². The van der Waals surface area contributed by atoms with Gasteiger partial charge in [0, 0.05) is 24.0 Å². The molecule has 0 saturated carbocycles. The molecule has 2 aromatic rings. The summed E-state index contributed by atoms with van der Waals surface area (Å²) in [4.78, 5) is 17.8. The van der Waals surface area contributed by atoms with Gasteiger partial charge < -0.3 is 14.6 Å². The second-order valence-corrected chi connectivity index (χ2v) is 5.01. The largest absolute Gasteiger partial charge is 0.497 e. The molecule has 1 aromatic heterocycles. The summed E-state index contributed by atoms with van der Waals surface area (Å²) in [7, 11) is 1.62. The normalized spacial score (nSPS) is 18.2. The van der Waals surface area contributed by atoms with Crippen molar-refractivity contribution in [3.63, 3.8) is 0 Å². The average molecular weight is 270 g/mol. The maximum atomic E-state index is 12.6. The summed E-state index contributed by atoms with van der Waals surface area (Å²) in [6, 6.07) is 11.5. The number of rotatable bonds is 3. The molecule has 1 saturated heterocycles. The number of ether oxygens (including phenoxy) is 1. The van der Waals surface area contributed by atoms with Crippen molar-refractivity contribution in [2.75, 3.05) is 13.7 Å². The Morgan fingerprint density at radius 1 is 1.30 bits per heavy atom. The zero-order chi connectivity index (χ0) is 13.9. The lowest BCUT2D eigenvalue weighted by Gasteiger charge is -2.24. The highest BCUT2D eigenvalue weighted by molar-refractivity contribution is 5.94. The standard InChI is InChI=1S/C16H18N2O2/c1-20-13-8-6-12(7-9-13)16(19)18-11-3-5-15(18)14-4-2-10-17-14/h2,4,6-10,15,17H,3,5,11H2,1H3. The molecular formula is C16H18N2O2. The molecule has 1 amide bonds. The van der Waals surface area contributed by atoms with Gasteiger partial charge in [-0.1, -0.05) is 0 Å². The van der Waals surface area contributed by atoms with Gasteiger partial charge in [-0.15, -0.1) is 0 Å². The van der Waals surface area contributed by atoms with Crippen molar-refractivity contribution in [2.45, 2.75) is 18.9 Å². The maximum absolute atomic E-state index is 12.6. The van der Waals surface area contributed by atoms with Crippen LogP contribution in [0, 0.1) is 0 Å². The fourth-order valence-electron chi connectivity index (χ4n) is 2.78. The molecule has 1 aromatic carbocycles. The summed E-state index contributed by atoms with van der Waals surface area (Å²) in [6.07, 6.45) is 3.97. The van der Waals surface area contributed by atoms with Gasteiger partial charge in [-0.3, -0.25) is 4.79 Å². The lowest BCUT2D eigenvalue weighted by atomic mass is 10.1. The topological polar surface area (TPSA) is 45.3 Å². The molecule has 20 heavy (non-hydrogen) atoms. The number of nitrogens with one attached hydrogen (secondary N) is 1. The summed E-state index contributed by atoms with van der Waals surface area (Å²) in [5.41, 5.74) is 1.83. The number of benzene rings is 1. The molecule has 104 valence electrons. The lowest BCUT2D eigenvalue weighted by Crippen LogP contribution is -2.30. The highest BCUT2D eigenvalue weighted by Crippen LogP contribution is 2.32. The minimum atomic E-state index is 0.0877. The third-order valence-corrected chi connectivity index (χ3v) is 3.83. The Hall–Kier alpha value is -2.23. The Balaban J connectivity index is 1.81. The van der Waals surface area contributed by atoms with Crippen molar-refractivity contribution >= 4 is 5.91 Å². The number of H-pyrrole nitrogens is 1. The molecule has 2 heterocycles. The quantitative estimate of drug-likeness (QED) is 0.932. The van der Waals surface area contributed by atoms with Crippen LogP contribution in [0.2, 0.25) is 0 Å². The van der Waals surface area contributed by atoms with E-state index >= 15 is 0 Å². The lowest BCUT2D eigenvalue weighted by molar-refractivity contribution is 0.0733. The molecule has 4 heteroatoms. The van der Waals surface area contributed by atoms with Gasteiger partial charge in [0.2, 0.25) is 0 Å². The number of amides is 1. The molecule has 1 aliphatic heterocycles. The number of aromatic amines is 1. The van der Waals surface area contributed by atoms with E-state index in [2.05, 4.69) is 4.98 Å². The minimum Gasteiger partial charge on any atom is -0.497 e. The summed E-state index contributed by atoms with van der Waals surface area (Å²) >= 11 is 0. The van der Waals surface area contributed by atoms with Crippen molar-refractivity contribution in [2.24, 2.45) is 0 Å². The van der Waals surface area contributed by atoms with Crippen LogP contribution in [0.3, 0.4) is 0 Å². The third kappa shape index (κ3) is 2.29. The summed E-state index contributed by atoms with van der Waals surface area (Å²) in [5.74, 6) is 0.855. The van der Waals surface area contributed by atoms with Gasteiger partial charge in [0.1, 0.15) is 5.75 Å². The van der Waals surface area contributed by atoms with E-state index in [4.69, 9.17) is 4.74 Å². The van der Waals surface area contributed by atoms with E-state index in [0.717, 1.165) is 30.8 Å². The highest BCUT2D eigenvalue weighted by Gasteiger charge is 2.30. The van der Waals surface area contributed by atoms with Crippen molar-refractivity contribution < 1.29 is 9.53 Å². The number of nitrogens with zero attached hydrogens (tertiary/aromatic N) is 1. The highest BCUT2D eigenvalue weighted by atomic mass is 16.5. The second kappa shape index (κ2) is 5.41. The number of hydrogen-bond acceptors (Lipinski definition) is 2. The van der Waals surface area contributed by atoms with Gasteiger partial charge in [0.25, 0.3) is 5.91 Å². The van der Waals surface area contributed by atoms with E-state index in [9.17, 15) is 4.79 Å². The van der Waals surface area contributed by atoms with Crippen molar-refractivity contribution in [1.29, 1.82) is 0 Å². The SMILES string of the molecule is COc1ccc(C(=O)N2CCCC2c2ccc[nH]2)cc1. The van der Waals surface area contributed by atoms with E-state index in [1.807, 2.05) is 47.5 Å². The predicted octanol–water partition coefficient (Wildman–Crippen LogP) is 3.00. The Morgan fingerprint density at radius 2 is 2.10 bits per heavy atom. The van der Waals surface area contributed by atoms with Crippen molar-refractivity contribution in [1.82, 2.24) is 9.88 Å². The number of carbonyl (C=O) groups is 1.